The Balaban J connectivity index is 1.60. The summed E-state index contributed by atoms with van der Waals surface area (Å²) in [6.45, 7) is 1.50. The van der Waals surface area contributed by atoms with Crippen LogP contribution >= 0.6 is 0 Å². The van der Waals surface area contributed by atoms with Crippen molar-refractivity contribution in [3.63, 3.8) is 0 Å². The molecule has 1 aliphatic rings. The van der Waals surface area contributed by atoms with Crippen molar-refractivity contribution in [1.82, 2.24) is 4.90 Å². The van der Waals surface area contributed by atoms with Crippen LogP contribution in [0.5, 0.6) is 0 Å². The highest BCUT2D eigenvalue weighted by Gasteiger charge is 2.28. The third-order valence-electron chi connectivity index (χ3n) is 5.01. The highest BCUT2D eigenvalue weighted by atomic mass is 16.3. The lowest BCUT2D eigenvalue weighted by Gasteiger charge is -2.28. The molecule has 25 heavy (non-hydrogen) atoms. The molecule has 130 valence electrons. The molecule has 1 aliphatic heterocycles. The van der Waals surface area contributed by atoms with Crippen LogP contribution in [0.2, 0.25) is 0 Å². The summed E-state index contributed by atoms with van der Waals surface area (Å²) in [5.74, 6) is 0. The van der Waals surface area contributed by atoms with E-state index in [1.807, 2.05) is 42.5 Å². The van der Waals surface area contributed by atoms with Gasteiger partial charge in [-0.25, -0.2) is 0 Å². The third-order valence-corrected chi connectivity index (χ3v) is 5.01. The second kappa shape index (κ2) is 8.26. The number of nitriles is 1. The first-order chi connectivity index (χ1) is 12.2. The van der Waals surface area contributed by atoms with Crippen LogP contribution < -0.4 is 0 Å². The Morgan fingerprint density at radius 1 is 1.00 bits per heavy atom. The summed E-state index contributed by atoms with van der Waals surface area (Å²) in [5, 5.41) is 29.9. The molecule has 0 amide bonds. The van der Waals surface area contributed by atoms with E-state index >= 15 is 0 Å². The molecule has 0 aliphatic carbocycles. The van der Waals surface area contributed by atoms with Gasteiger partial charge in [0.25, 0.3) is 0 Å². The normalized spacial score (nSPS) is 20.1. The fourth-order valence-corrected chi connectivity index (χ4v) is 3.58. The number of aliphatic hydroxyl groups is 2. The van der Waals surface area contributed by atoms with Crippen LogP contribution in [0, 0.1) is 11.3 Å². The zero-order chi connectivity index (χ0) is 17.6. The van der Waals surface area contributed by atoms with Gasteiger partial charge >= 0.3 is 0 Å². The van der Waals surface area contributed by atoms with Gasteiger partial charge in [-0.3, -0.25) is 4.90 Å². The summed E-state index contributed by atoms with van der Waals surface area (Å²) >= 11 is 0. The zero-order valence-electron chi connectivity index (χ0n) is 14.3. The highest BCUT2D eigenvalue weighted by molar-refractivity contribution is 5.32. The number of β-amino-alcohol motifs (C(OH)–C–C–N with tert-alkyl or cyclic N) is 1. The lowest BCUT2D eigenvalue weighted by Crippen LogP contribution is -2.34. The first-order valence-corrected chi connectivity index (χ1v) is 8.82. The highest BCUT2D eigenvalue weighted by Crippen LogP contribution is 2.29. The first-order valence-electron chi connectivity index (χ1n) is 8.82. The Bertz CT molecular complexity index is 709. The minimum Gasteiger partial charge on any atom is -0.388 e. The molecule has 3 unspecified atom stereocenters. The maximum atomic E-state index is 10.5. The van der Waals surface area contributed by atoms with Gasteiger partial charge in [0, 0.05) is 12.6 Å². The fourth-order valence-electron chi connectivity index (χ4n) is 3.58. The van der Waals surface area contributed by atoms with E-state index in [9.17, 15) is 10.2 Å². The molecule has 3 atom stereocenters. The number of nitrogens with zero attached hydrogens (tertiary/aromatic N) is 2. The molecule has 1 fully saturated rings. The Morgan fingerprint density at radius 2 is 1.68 bits per heavy atom. The van der Waals surface area contributed by atoms with E-state index in [-0.39, 0.29) is 6.04 Å². The van der Waals surface area contributed by atoms with Gasteiger partial charge in [-0.1, -0.05) is 42.5 Å². The summed E-state index contributed by atoms with van der Waals surface area (Å²) in [6.07, 6.45) is 1.77. The van der Waals surface area contributed by atoms with Crippen LogP contribution in [0.3, 0.4) is 0 Å². The monoisotopic (exact) mass is 336 g/mol. The van der Waals surface area contributed by atoms with Crippen molar-refractivity contribution >= 4 is 0 Å². The van der Waals surface area contributed by atoms with Gasteiger partial charge < -0.3 is 10.2 Å². The predicted octanol–water partition coefficient (Wildman–Crippen LogP) is 3.18. The summed E-state index contributed by atoms with van der Waals surface area (Å²) in [4.78, 5) is 2.27. The minimum absolute atomic E-state index is 0.281. The van der Waals surface area contributed by atoms with E-state index in [2.05, 4.69) is 11.0 Å². The predicted molar refractivity (Wildman–Crippen MR) is 96.7 cm³/mol. The second-order valence-electron chi connectivity index (χ2n) is 6.70. The standard InChI is InChI=1S/C21H24N2O2/c22-14-16-8-10-18(11-9-16)21(25)15-23-12-4-7-19(23)13-20(24)17-5-2-1-3-6-17/h1-3,5-6,8-11,19-21,24-25H,4,7,12-13,15H2. The van der Waals surface area contributed by atoms with Crippen LogP contribution in [0.25, 0.3) is 0 Å². The molecule has 1 saturated heterocycles. The lowest BCUT2D eigenvalue weighted by atomic mass is 10.00. The van der Waals surface area contributed by atoms with Gasteiger partial charge in [0.05, 0.1) is 23.8 Å². The van der Waals surface area contributed by atoms with Gasteiger partial charge in [0.2, 0.25) is 0 Å². The average molecular weight is 336 g/mol. The average Bonchev–Trinajstić information content (AvgIpc) is 3.09. The van der Waals surface area contributed by atoms with E-state index < -0.39 is 12.2 Å². The van der Waals surface area contributed by atoms with E-state index in [4.69, 9.17) is 5.26 Å². The molecule has 0 radical (unpaired) electrons. The number of aliphatic hydroxyl groups excluding tert-OH is 2. The maximum Gasteiger partial charge on any atom is 0.0991 e. The van der Waals surface area contributed by atoms with Crippen LogP contribution in [0.1, 0.15) is 48.2 Å². The van der Waals surface area contributed by atoms with Crippen molar-refractivity contribution in [1.29, 1.82) is 5.26 Å². The number of hydrogen-bond acceptors (Lipinski definition) is 4. The molecule has 0 saturated carbocycles. The smallest absolute Gasteiger partial charge is 0.0991 e. The summed E-state index contributed by atoms with van der Waals surface area (Å²) < 4.78 is 0. The van der Waals surface area contributed by atoms with Crippen molar-refractivity contribution in [2.75, 3.05) is 13.1 Å². The fraction of sp³-hybridized carbons (Fsp3) is 0.381. The molecule has 2 aromatic carbocycles. The quantitative estimate of drug-likeness (QED) is 0.850. The molecular formula is C21H24N2O2. The van der Waals surface area contributed by atoms with Crippen LogP contribution in [0.4, 0.5) is 0 Å². The van der Waals surface area contributed by atoms with Crippen molar-refractivity contribution < 1.29 is 10.2 Å². The van der Waals surface area contributed by atoms with Gasteiger partial charge in [-0.2, -0.15) is 5.26 Å². The van der Waals surface area contributed by atoms with Gasteiger partial charge in [0.1, 0.15) is 0 Å². The zero-order valence-corrected chi connectivity index (χ0v) is 14.3. The Morgan fingerprint density at radius 3 is 2.36 bits per heavy atom. The summed E-state index contributed by atoms with van der Waals surface area (Å²) in [5.41, 5.74) is 2.37. The Kier molecular flexibility index (Phi) is 5.83. The summed E-state index contributed by atoms with van der Waals surface area (Å²) in [7, 11) is 0. The Labute approximate surface area is 149 Å². The molecule has 2 N–H and O–H groups in total. The summed E-state index contributed by atoms with van der Waals surface area (Å²) in [6, 6.07) is 19.2. The van der Waals surface area contributed by atoms with E-state index in [1.165, 1.54) is 0 Å². The van der Waals surface area contributed by atoms with Crippen LogP contribution in [-0.2, 0) is 0 Å². The topological polar surface area (TPSA) is 67.5 Å². The maximum absolute atomic E-state index is 10.5. The van der Waals surface area contributed by atoms with Crippen molar-refractivity contribution in [2.24, 2.45) is 0 Å². The largest absolute Gasteiger partial charge is 0.388 e. The van der Waals surface area contributed by atoms with Crippen molar-refractivity contribution in [2.45, 2.75) is 37.5 Å². The molecule has 0 bridgehead atoms. The van der Waals surface area contributed by atoms with Crippen LogP contribution in [0.15, 0.2) is 54.6 Å². The lowest BCUT2D eigenvalue weighted by molar-refractivity contribution is 0.0784. The van der Waals surface area contributed by atoms with E-state index in [0.29, 0.717) is 18.5 Å². The number of hydrogen-bond donors (Lipinski definition) is 2. The molecule has 4 nitrogen and oxygen atoms in total. The SMILES string of the molecule is N#Cc1ccc(C(O)CN2CCCC2CC(O)c2ccccc2)cc1. The minimum atomic E-state index is -0.581. The molecule has 3 rings (SSSR count). The number of likely N-dealkylation sites (tertiary alicyclic amines) is 1. The molecular weight excluding hydrogens is 312 g/mol. The van der Waals surface area contributed by atoms with E-state index in [0.717, 1.165) is 30.5 Å². The van der Waals surface area contributed by atoms with Crippen LogP contribution in [-0.4, -0.2) is 34.2 Å². The second-order valence-corrected chi connectivity index (χ2v) is 6.70. The molecule has 0 aromatic heterocycles. The first kappa shape index (κ1) is 17.6. The third kappa shape index (κ3) is 4.46. The van der Waals surface area contributed by atoms with E-state index in [1.54, 1.807) is 12.1 Å². The molecule has 2 aromatic rings. The van der Waals surface area contributed by atoms with Gasteiger partial charge in [0.15, 0.2) is 0 Å². The van der Waals surface area contributed by atoms with Crippen molar-refractivity contribution in [3.05, 3.63) is 71.3 Å². The van der Waals surface area contributed by atoms with Crippen molar-refractivity contribution in [3.8, 4) is 6.07 Å². The van der Waals surface area contributed by atoms with Gasteiger partial charge in [-0.15, -0.1) is 0 Å². The molecule has 0 spiro atoms. The number of rotatable bonds is 6. The molecule has 1 heterocycles. The number of benzene rings is 2. The molecule has 4 heteroatoms. The van der Waals surface area contributed by atoms with Gasteiger partial charge in [-0.05, 0) is 49.1 Å². The Hall–Kier alpha value is -2.19.